The molecule has 1 amide bonds. The van der Waals surface area contributed by atoms with Gasteiger partial charge in [-0.2, -0.15) is 0 Å². The van der Waals surface area contributed by atoms with Crippen molar-refractivity contribution in [1.29, 1.82) is 0 Å². The second kappa shape index (κ2) is 8.69. The molecule has 1 aromatic carbocycles. The van der Waals surface area contributed by atoms with Gasteiger partial charge < -0.3 is 5.32 Å². The van der Waals surface area contributed by atoms with Crippen molar-refractivity contribution in [3.8, 4) is 0 Å². The number of fused-ring (bicyclic) bond motifs is 3. The maximum absolute atomic E-state index is 12.3. The van der Waals surface area contributed by atoms with Crippen LogP contribution in [-0.4, -0.2) is 36.5 Å². The maximum atomic E-state index is 12.3. The predicted octanol–water partition coefficient (Wildman–Crippen LogP) is 4.67. The summed E-state index contributed by atoms with van der Waals surface area (Å²) in [5.41, 5.74) is 4.30. The Morgan fingerprint density at radius 3 is 2.80 bits per heavy atom. The number of benzene rings is 1. The van der Waals surface area contributed by atoms with Crippen molar-refractivity contribution in [2.24, 2.45) is 5.92 Å². The highest BCUT2D eigenvalue weighted by Crippen LogP contribution is 2.28. The van der Waals surface area contributed by atoms with Crippen molar-refractivity contribution in [3.63, 3.8) is 0 Å². The van der Waals surface area contributed by atoms with E-state index >= 15 is 0 Å². The van der Waals surface area contributed by atoms with Gasteiger partial charge in [0.15, 0.2) is 10.8 Å². The number of hydrogen-bond donors (Lipinski definition) is 1. The molecule has 0 atom stereocenters. The lowest BCUT2D eigenvalue weighted by molar-refractivity contribution is -0.115. The summed E-state index contributed by atoms with van der Waals surface area (Å²) in [5, 5.41) is 23.2. The Morgan fingerprint density at radius 2 is 2.00 bits per heavy atom. The minimum Gasteiger partial charge on any atom is -0.301 e. The number of carbonyl (C=O) groups is 1. The van der Waals surface area contributed by atoms with Crippen molar-refractivity contribution in [2.45, 2.75) is 45.7 Å². The molecule has 0 aliphatic rings. The summed E-state index contributed by atoms with van der Waals surface area (Å²) in [7, 11) is 0. The molecule has 3 heterocycles. The van der Waals surface area contributed by atoms with Crippen LogP contribution in [0.3, 0.4) is 0 Å². The molecule has 9 heteroatoms. The Labute approximate surface area is 183 Å². The number of hydrogen-bond acceptors (Lipinski definition) is 7. The van der Waals surface area contributed by atoms with E-state index in [4.69, 9.17) is 0 Å². The first-order valence-corrected chi connectivity index (χ1v) is 11.7. The minimum absolute atomic E-state index is 0.0690. The lowest BCUT2D eigenvalue weighted by atomic mass is 10.1. The lowest BCUT2D eigenvalue weighted by Crippen LogP contribution is -2.12. The average molecular weight is 441 g/mol. The van der Waals surface area contributed by atoms with Crippen LogP contribution in [0.15, 0.2) is 29.4 Å². The standard InChI is InChI=1S/C21H24N6OS2/c1-12(2)10-18-24-25-20(30-18)22-17(28)8-9-29-21-26-23-16-11-14(4)15-7-5-6-13(3)19(15)27(16)21/h5-7,11-12H,8-10H2,1-4H3,(H,22,25,28). The highest BCUT2D eigenvalue weighted by atomic mass is 32.2. The smallest absolute Gasteiger partial charge is 0.227 e. The number of amides is 1. The molecule has 0 unspecified atom stereocenters. The van der Waals surface area contributed by atoms with Gasteiger partial charge in [0.1, 0.15) is 5.01 Å². The first kappa shape index (κ1) is 20.7. The Kier molecular flexibility index (Phi) is 6.01. The molecule has 0 aliphatic heterocycles. The molecule has 3 aromatic heterocycles. The minimum atomic E-state index is -0.0690. The Morgan fingerprint density at radius 1 is 1.17 bits per heavy atom. The van der Waals surface area contributed by atoms with Gasteiger partial charge in [0.25, 0.3) is 0 Å². The summed E-state index contributed by atoms with van der Waals surface area (Å²) in [6.07, 6.45) is 1.23. The number of nitrogens with one attached hydrogen (secondary N) is 1. The SMILES string of the molecule is Cc1cc2nnc(SCCC(=O)Nc3nnc(CC(C)C)s3)n2c2c(C)cccc12. The summed E-state index contributed by atoms with van der Waals surface area (Å²) in [6, 6.07) is 8.33. The molecule has 156 valence electrons. The van der Waals surface area contributed by atoms with E-state index in [-0.39, 0.29) is 5.91 Å². The van der Waals surface area contributed by atoms with Gasteiger partial charge in [-0.05, 0) is 37.0 Å². The van der Waals surface area contributed by atoms with Gasteiger partial charge in [-0.15, -0.1) is 20.4 Å². The topological polar surface area (TPSA) is 85.1 Å². The number of para-hydroxylation sites is 1. The number of thioether (sulfide) groups is 1. The van der Waals surface area contributed by atoms with E-state index in [1.807, 2.05) is 0 Å². The quantitative estimate of drug-likeness (QED) is 0.420. The zero-order valence-electron chi connectivity index (χ0n) is 17.5. The van der Waals surface area contributed by atoms with Crippen LogP contribution in [-0.2, 0) is 11.2 Å². The first-order valence-electron chi connectivity index (χ1n) is 9.91. The zero-order chi connectivity index (χ0) is 21.3. The number of rotatable bonds is 7. The van der Waals surface area contributed by atoms with E-state index in [2.05, 4.69) is 82.1 Å². The van der Waals surface area contributed by atoms with Gasteiger partial charge in [0.2, 0.25) is 11.0 Å². The predicted molar refractivity (Wildman–Crippen MR) is 122 cm³/mol. The second-order valence-corrected chi connectivity index (χ2v) is 9.84. The van der Waals surface area contributed by atoms with E-state index in [0.717, 1.165) is 27.7 Å². The van der Waals surface area contributed by atoms with E-state index < -0.39 is 0 Å². The number of anilines is 1. The van der Waals surface area contributed by atoms with E-state index in [1.54, 1.807) is 0 Å². The third-order valence-corrected chi connectivity index (χ3v) is 6.54. The van der Waals surface area contributed by atoms with Crippen LogP contribution in [0, 0.1) is 19.8 Å². The van der Waals surface area contributed by atoms with Crippen LogP contribution in [0.5, 0.6) is 0 Å². The van der Waals surface area contributed by atoms with Gasteiger partial charge in [0, 0.05) is 24.0 Å². The fourth-order valence-electron chi connectivity index (χ4n) is 3.38. The lowest BCUT2D eigenvalue weighted by Gasteiger charge is -2.09. The van der Waals surface area contributed by atoms with E-state index in [0.29, 0.717) is 23.2 Å². The van der Waals surface area contributed by atoms with E-state index in [1.165, 1.54) is 39.6 Å². The molecule has 0 saturated heterocycles. The van der Waals surface area contributed by atoms with Crippen LogP contribution in [0.2, 0.25) is 0 Å². The highest BCUT2D eigenvalue weighted by molar-refractivity contribution is 7.99. The Balaban J connectivity index is 1.44. The van der Waals surface area contributed by atoms with Crippen molar-refractivity contribution >= 4 is 50.7 Å². The summed E-state index contributed by atoms with van der Waals surface area (Å²) in [5.74, 6) is 1.05. The third-order valence-electron chi connectivity index (χ3n) is 4.75. The maximum Gasteiger partial charge on any atom is 0.227 e. The van der Waals surface area contributed by atoms with Crippen molar-refractivity contribution in [1.82, 2.24) is 24.8 Å². The van der Waals surface area contributed by atoms with Crippen LogP contribution in [0.25, 0.3) is 16.6 Å². The van der Waals surface area contributed by atoms with Gasteiger partial charge >= 0.3 is 0 Å². The zero-order valence-corrected chi connectivity index (χ0v) is 19.1. The van der Waals surface area contributed by atoms with Crippen molar-refractivity contribution < 1.29 is 4.79 Å². The van der Waals surface area contributed by atoms with Crippen LogP contribution in [0.4, 0.5) is 5.13 Å². The fraction of sp³-hybridized carbons (Fsp3) is 0.381. The van der Waals surface area contributed by atoms with Crippen molar-refractivity contribution in [3.05, 3.63) is 40.4 Å². The molecule has 1 N–H and O–H groups in total. The molecule has 0 saturated carbocycles. The first-order chi connectivity index (χ1) is 14.4. The van der Waals surface area contributed by atoms with E-state index in [9.17, 15) is 4.79 Å². The number of aryl methyl sites for hydroxylation is 2. The Bertz CT molecular complexity index is 1210. The molecular weight excluding hydrogens is 416 g/mol. The molecule has 7 nitrogen and oxygen atoms in total. The molecule has 30 heavy (non-hydrogen) atoms. The highest BCUT2D eigenvalue weighted by Gasteiger charge is 2.14. The third kappa shape index (κ3) is 4.32. The number of pyridine rings is 1. The van der Waals surface area contributed by atoms with Crippen LogP contribution in [0.1, 0.15) is 36.4 Å². The average Bonchev–Trinajstić information content (AvgIpc) is 3.28. The largest absolute Gasteiger partial charge is 0.301 e. The molecule has 0 aliphatic carbocycles. The van der Waals surface area contributed by atoms with Crippen molar-refractivity contribution in [2.75, 3.05) is 11.1 Å². The molecule has 0 bridgehead atoms. The summed E-state index contributed by atoms with van der Waals surface area (Å²) in [6.45, 7) is 8.46. The normalized spacial score (nSPS) is 11.6. The molecule has 0 fully saturated rings. The number of aromatic nitrogens is 5. The molecule has 0 radical (unpaired) electrons. The van der Waals surface area contributed by atoms with Gasteiger partial charge in [-0.3, -0.25) is 9.20 Å². The number of nitrogens with zero attached hydrogens (tertiary/aromatic N) is 5. The number of carbonyl (C=O) groups excluding carboxylic acids is 1. The fourth-order valence-corrected chi connectivity index (χ4v) is 5.23. The summed E-state index contributed by atoms with van der Waals surface area (Å²) in [4.78, 5) is 12.3. The van der Waals surface area contributed by atoms with Gasteiger partial charge in [0.05, 0.1) is 5.52 Å². The van der Waals surface area contributed by atoms with Crippen LogP contribution < -0.4 is 5.32 Å². The summed E-state index contributed by atoms with van der Waals surface area (Å²) < 4.78 is 2.09. The van der Waals surface area contributed by atoms with Gasteiger partial charge in [-0.1, -0.05) is 55.1 Å². The molecule has 4 aromatic rings. The molecule has 0 spiro atoms. The van der Waals surface area contributed by atoms with Gasteiger partial charge in [-0.25, -0.2) is 0 Å². The summed E-state index contributed by atoms with van der Waals surface area (Å²) >= 11 is 2.97. The second-order valence-electron chi connectivity index (χ2n) is 7.72. The van der Waals surface area contributed by atoms with Crippen LogP contribution >= 0.6 is 23.1 Å². The molecular formula is C21H24N6OS2. The molecule has 4 rings (SSSR count). The monoisotopic (exact) mass is 440 g/mol. The Hall–Kier alpha value is -2.52.